The number of hydrogen-bond acceptors (Lipinski definition) is 5. The Labute approximate surface area is 164 Å². The van der Waals surface area contributed by atoms with E-state index in [9.17, 15) is 9.90 Å². The molecule has 0 fully saturated rings. The second kappa shape index (κ2) is 7.79. The summed E-state index contributed by atoms with van der Waals surface area (Å²) in [5.74, 6) is 0.540. The van der Waals surface area contributed by atoms with Gasteiger partial charge in [0.25, 0.3) is 0 Å². The van der Waals surface area contributed by atoms with Crippen molar-refractivity contribution in [1.82, 2.24) is 4.57 Å². The highest BCUT2D eigenvalue weighted by molar-refractivity contribution is 9.10. The zero-order valence-electron chi connectivity index (χ0n) is 15.1. The van der Waals surface area contributed by atoms with Gasteiger partial charge in [-0.25, -0.2) is 0 Å². The van der Waals surface area contributed by atoms with Crippen LogP contribution in [-0.2, 0) is 11.8 Å². The number of carbonyl (C=O) groups is 1. The molecule has 1 heterocycles. The molecule has 3 rings (SSSR count). The van der Waals surface area contributed by atoms with Gasteiger partial charge in [-0.15, -0.1) is 10.2 Å². The second-order valence-corrected chi connectivity index (χ2v) is 6.78. The monoisotopic (exact) mass is 431 g/mol. The van der Waals surface area contributed by atoms with Crippen molar-refractivity contribution >= 4 is 38.4 Å². The summed E-state index contributed by atoms with van der Waals surface area (Å²) in [6.07, 6.45) is 0. The number of halogens is 1. The van der Waals surface area contributed by atoms with E-state index in [1.165, 1.54) is 0 Å². The lowest BCUT2D eigenvalue weighted by molar-refractivity contribution is -0.120. The first-order chi connectivity index (χ1) is 12.9. The summed E-state index contributed by atoms with van der Waals surface area (Å²) in [6.45, 7) is 1.66. The van der Waals surface area contributed by atoms with Gasteiger partial charge < -0.3 is 19.1 Å². The van der Waals surface area contributed by atoms with Crippen molar-refractivity contribution in [3.8, 4) is 17.4 Å². The number of aryl methyl sites for hydroxylation is 2. The second-order valence-electron chi connectivity index (χ2n) is 5.93. The minimum atomic E-state index is -0.568. The largest absolute Gasteiger partial charge is 0.497 e. The van der Waals surface area contributed by atoms with Gasteiger partial charge in [-0.1, -0.05) is 11.6 Å². The van der Waals surface area contributed by atoms with Crippen molar-refractivity contribution in [3.05, 3.63) is 46.4 Å². The maximum absolute atomic E-state index is 12.0. The number of fused-ring (bicyclic) bond motifs is 1. The maximum atomic E-state index is 12.0. The number of hydrogen-bond donors (Lipinski definition) is 1. The van der Waals surface area contributed by atoms with Crippen molar-refractivity contribution in [2.45, 2.75) is 6.92 Å². The lowest BCUT2D eigenvalue weighted by Gasteiger charge is -2.07. The van der Waals surface area contributed by atoms with Crippen LogP contribution in [0.25, 0.3) is 10.9 Å². The van der Waals surface area contributed by atoms with Crippen molar-refractivity contribution in [1.29, 1.82) is 0 Å². The fourth-order valence-corrected chi connectivity index (χ4v) is 3.10. The number of carbonyl (C=O) groups excluding carboxylic acids is 1. The molecule has 27 heavy (non-hydrogen) atoms. The van der Waals surface area contributed by atoms with Gasteiger partial charge in [0.05, 0.1) is 17.1 Å². The average molecular weight is 432 g/mol. The van der Waals surface area contributed by atoms with E-state index in [0.29, 0.717) is 16.0 Å². The number of aromatic hydroxyl groups is 1. The molecule has 1 N–H and O–H groups in total. The predicted molar refractivity (Wildman–Crippen MR) is 105 cm³/mol. The van der Waals surface area contributed by atoms with Crippen LogP contribution in [0.3, 0.4) is 0 Å². The number of nitrogens with zero attached hydrogens (tertiary/aromatic N) is 3. The molecule has 0 unspecified atom stereocenters. The number of ether oxygens (including phenoxy) is 2. The highest BCUT2D eigenvalue weighted by atomic mass is 79.9. The number of methoxy groups -OCH3 is 1. The molecule has 0 spiro atoms. The Morgan fingerprint density at radius 2 is 2.04 bits per heavy atom. The summed E-state index contributed by atoms with van der Waals surface area (Å²) in [5.41, 5.74) is 2.08. The van der Waals surface area contributed by atoms with E-state index >= 15 is 0 Å². The first-order valence-corrected chi connectivity index (χ1v) is 8.89. The molecule has 0 aliphatic rings. The van der Waals surface area contributed by atoms with Crippen LogP contribution in [-0.4, -0.2) is 29.3 Å². The number of azo groups is 1. The molecule has 140 valence electrons. The Morgan fingerprint density at radius 1 is 1.26 bits per heavy atom. The van der Waals surface area contributed by atoms with Crippen molar-refractivity contribution in [2.24, 2.45) is 17.3 Å². The smallest absolute Gasteiger partial charge is 0.302 e. The van der Waals surface area contributed by atoms with Crippen LogP contribution in [0.5, 0.6) is 17.4 Å². The molecule has 8 heteroatoms. The van der Waals surface area contributed by atoms with Crippen LogP contribution in [0.1, 0.15) is 5.56 Å². The van der Waals surface area contributed by atoms with Crippen molar-refractivity contribution in [3.63, 3.8) is 0 Å². The van der Waals surface area contributed by atoms with E-state index in [1.807, 2.05) is 25.1 Å². The number of amides is 1. The summed E-state index contributed by atoms with van der Waals surface area (Å²) in [7, 11) is 3.29. The molecule has 0 atom stereocenters. The van der Waals surface area contributed by atoms with E-state index in [0.717, 1.165) is 16.5 Å². The predicted octanol–water partition coefficient (Wildman–Crippen LogP) is 4.65. The summed E-state index contributed by atoms with van der Waals surface area (Å²) in [4.78, 5) is 12.0. The standard InChI is InChI=1S/C19H18BrN3O4/c1-11-4-6-15-13(8-11)18(19(25)23(15)2)22-21-17(24)10-27-16-7-5-12(26-3)9-14(16)20/h4-9,25H,10H2,1-3H3. The Kier molecular flexibility index (Phi) is 5.46. The summed E-state index contributed by atoms with van der Waals surface area (Å²) in [6, 6.07) is 10.9. The fourth-order valence-electron chi connectivity index (χ4n) is 2.62. The van der Waals surface area contributed by atoms with E-state index in [-0.39, 0.29) is 18.2 Å². The zero-order chi connectivity index (χ0) is 19.6. The van der Waals surface area contributed by atoms with E-state index < -0.39 is 5.91 Å². The fraction of sp³-hybridized carbons (Fsp3) is 0.211. The molecule has 7 nitrogen and oxygen atoms in total. The maximum Gasteiger partial charge on any atom is 0.302 e. The van der Waals surface area contributed by atoms with Crippen LogP contribution in [0.4, 0.5) is 5.69 Å². The minimum Gasteiger partial charge on any atom is -0.497 e. The molecule has 3 aromatic rings. The molecule has 0 aliphatic heterocycles. The van der Waals surface area contributed by atoms with Gasteiger partial charge in [0.15, 0.2) is 12.3 Å². The van der Waals surface area contributed by atoms with E-state index in [1.54, 1.807) is 36.9 Å². The molecule has 1 aromatic heterocycles. The number of rotatable bonds is 5. The van der Waals surface area contributed by atoms with Gasteiger partial charge in [0.1, 0.15) is 11.5 Å². The van der Waals surface area contributed by atoms with Gasteiger partial charge in [0, 0.05) is 12.4 Å². The van der Waals surface area contributed by atoms with Gasteiger partial charge in [-0.2, -0.15) is 0 Å². The van der Waals surface area contributed by atoms with Gasteiger partial charge >= 0.3 is 5.91 Å². The molecule has 2 aromatic carbocycles. The molecule has 0 bridgehead atoms. The van der Waals surface area contributed by atoms with Gasteiger partial charge in [-0.05, 0) is 53.2 Å². The average Bonchev–Trinajstić information content (AvgIpc) is 2.88. The van der Waals surface area contributed by atoms with Crippen LogP contribution in [0.2, 0.25) is 0 Å². The quantitative estimate of drug-likeness (QED) is 0.595. The van der Waals surface area contributed by atoms with Gasteiger partial charge in [-0.3, -0.25) is 4.79 Å². The summed E-state index contributed by atoms with van der Waals surface area (Å²) < 4.78 is 12.8. The third-order valence-corrected chi connectivity index (χ3v) is 4.67. The molecule has 0 saturated heterocycles. The summed E-state index contributed by atoms with van der Waals surface area (Å²) >= 11 is 3.35. The van der Waals surface area contributed by atoms with Crippen LogP contribution >= 0.6 is 15.9 Å². The highest BCUT2D eigenvalue weighted by Gasteiger charge is 2.15. The zero-order valence-corrected chi connectivity index (χ0v) is 16.6. The van der Waals surface area contributed by atoms with Crippen molar-refractivity contribution in [2.75, 3.05) is 13.7 Å². The lowest BCUT2D eigenvalue weighted by atomic mass is 10.1. The first-order valence-electron chi connectivity index (χ1n) is 8.09. The van der Waals surface area contributed by atoms with E-state index in [4.69, 9.17) is 9.47 Å². The Morgan fingerprint density at radius 3 is 2.74 bits per heavy atom. The van der Waals surface area contributed by atoms with E-state index in [2.05, 4.69) is 26.2 Å². The van der Waals surface area contributed by atoms with Crippen LogP contribution < -0.4 is 9.47 Å². The Bertz CT molecular complexity index is 1040. The SMILES string of the molecule is COc1ccc(OCC(=O)N=Nc2c(O)n(C)c3ccc(C)cc23)c(Br)c1. The van der Waals surface area contributed by atoms with Crippen LogP contribution in [0, 0.1) is 6.92 Å². The van der Waals surface area contributed by atoms with Crippen LogP contribution in [0.15, 0.2) is 51.1 Å². The third kappa shape index (κ3) is 3.95. The Balaban J connectivity index is 1.75. The molecular weight excluding hydrogens is 414 g/mol. The molecule has 1 amide bonds. The molecule has 0 saturated carbocycles. The molecule has 0 aliphatic carbocycles. The number of aromatic nitrogens is 1. The third-order valence-electron chi connectivity index (χ3n) is 4.05. The number of benzene rings is 2. The van der Waals surface area contributed by atoms with Gasteiger partial charge in [0.2, 0.25) is 5.88 Å². The van der Waals surface area contributed by atoms with Crippen molar-refractivity contribution < 1.29 is 19.4 Å². The minimum absolute atomic E-state index is 0.0500. The highest BCUT2D eigenvalue weighted by Crippen LogP contribution is 2.38. The Hall–Kier alpha value is -2.87. The summed E-state index contributed by atoms with van der Waals surface area (Å²) in [5, 5.41) is 18.6. The first kappa shape index (κ1) is 18.9. The normalized spacial score (nSPS) is 11.3. The molecule has 0 radical (unpaired) electrons. The lowest BCUT2D eigenvalue weighted by Crippen LogP contribution is -2.08. The topological polar surface area (TPSA) is 85.4 Å². The molecular formula is C19H18BrN3O4.